The van der Waals surface area contributed by atoms with Crippen molar-refractivity contribution in [1.82, 2.24) is 20.9 Å². The van der Waals surface area contributed by atoms with Crippen molar-refractivity contribution in [2.75, 3.05) is 0 Å². The van der Waals surface area contributed by atoms with E-state index in [4.69, 9.17) is 10.8 Å². The average Bonchev–Trinajstić information content (AvgIpc) is 3.24. The van der Waals surface area contributed by atoms with Crippen LogP contribution in [0, 0.1) is 5.92 Å². The fraction of sp³-hybridized carbons (Fsp3) is 0.480. The van der Waals surface area contributed by atoms with Gasteiger partial charge in [0.2, 0.25) is 17.7 Å². The van der Waals surface area contributed by atoms with Crippen molar-refractivity contribution in [3.8, 4) is 0 Å². The van der Waals surface area contributed by atoms with Crippen LogP contribution in [-0.2, 0) is 30.4 Å². The molecule has 0 bridgehead atoms. The topological polar surface area (TPSA) is 224 Å². The van der Waals surface area contributed by atoms with Gasteiger partial charge in [-0.25, -0.2) is 4.79 Å². The fourth-order valence-electron chi connectivity index (χ4n) is 3.87. The monoisotopic (exact) mass is 533 g/mol. The molecule has 0 aliphatic carbocycles. The molecule has 13 nitrogen and oxygen atoms in total. The van der Waals surface area contributed by atoms with Gasteiger partial charge in [0, 0.05) is 23.5 Å². The van der Waals surface area contributed by atoms with E-state index in [9.17, 15) is 34.2 Å². The van der Waals surface area contributed by atoms with Gasteiger partial charge < -0.3 is 42.0 Å². The number of aromatic amines is 1. The third-order valence-electron chi connectivity index (χ3n) is 6.02. The summed E-state index contributed by atoms with van der Waals surface area (Å²) in [5, 5.41) is 35.9. The molecule has 0 aliphatic heterocycles. The maximum Gasteiger partial charge on any atom is 0.328 e. The third-order valence-corrected chi connectivity index (χ3v) is 6.02. The van der Waals surface area contributed by atoms with E-state index < -0.39 is 72.3 Å². The molecule has 1 heterocycles. The van der Waals surface area contributed by atoms with Crippen LogP contribution in [-0.4, -0.2) is 80.2 Å². The molecule has 3 amide bonds. The van der Waals surface area contributed by atoms with Crippen LogP contribution in [0.5, 0.6) is 0 Å². The van der Waals surface area contributed by atoms with E-state index in [2.05, 4.69) is 20.9 Å². The summed E-state index contributed by atoms with van der Waals surface area (Å²) in [7, 11) is 0. The van der Waals surface area contributed by atoms with Gasteiger partial charge in [-0.05, 0) is 37.3 Å². The lowest BCUT2D eigenvalue weighted by Crippen LogP contribution is -2.59. The number of hydrogen-bond donors (Lipinski definition) is 8. The summed E-state index contributed by atoms with van der Waals surface area (Å²) in [5.74, 6) is -5.55. The summed E-state index contributed by atoms with van der Waals surface area (Å²) >= 11 is 0. The van der Waals surface area contributed by atoms with E-state index in [0.717, 1.165) is 23.4 Å². The molecular weight excluding hydrogens is 498 g/mol. The van der Waals surface area contributed by atoms with Crippen LogP contribution in [0.2, 0.25) is 0 Å². The quantitative estimate of drug-likeness (QED) is 0.156. The SMILES string of the molecule is CC(C)C(NC(=O)C(N)Cc1c[nH]c2ccccc12)C(=O)NC(CCC(=O)O)C(=O)NC(C(=O)O)C(C)O. The van der Waals surface area contributed by atoms with Crippen LogP contribution in [0.25, 0.3) is 10.9 Å². The van der Waals surface area contributed by atoms with Crippen molar-refractivity contribution in [3.05, 3.63) is 36.0 Å². The molecule has 0 radical (unpaired) electrons. The van der Waals surface area contributed by atoms with Crippen LogP contribution in [0.3, 0.4) is 0 Å². The maximum atomic E-state index is 13.1. The van der Waals surface area contributed by atoms with Gasteiger partial charge in [-0.2, -0.15) is 0 Å². The number of nitrogens with two attached hydrogens (primary N) is 1. The minimum absolute atomic E-state index is 0.196. The first-order valence-electron chi connectivity index (χ1n) is 12.2. The van der Waals surface area contributed by atoms with Gasteiger partial charge in [-0.1, -0.05) is 32.0 Å². The number of aromatic nitrogens is 1. The second-order valence-corrected chi connectivity index (χ2v) is 9.46. The Labute approximate surface area is 219 Å². The molecule has 0 saturated heterocycles. The number of aliphatic hydroxyl groups is 1. The number of para-hydroxylation sites is 1. The summed E-state index contributed by atoms with van der Waals surface area (Å²) in [5.41, 5.74) is 7.84. The highest BCUT2D eigenvalue weighted by molar-refractivity contribution is 5.94. The first-order valence-corrected chi connectivity index (χ1v) is 12.2. The molecular formula is C25H35N5O8. The molecule has 1 aromatic carbocycles. The molecule has 38 heavy (non-hydrogen) atoms. The highest BCUT2D eigenvalue weighted by Crippen LogP contribution is 2.19. The Balaban J connectivity index is 2.12. The standard InChI is InChI=1S/C25H35N5O8/c1-12(2)20(29-22(34)16(26)10-14-11-27-17-7-5-4-6-15(14)17)24(36)28-18(8-9-19(32)33)23(35)30-21(13(3)31)25(37)38/h4-7,11-13,16,18,20-21,27,31H,8-10,26H2,1-3H3,(H,28,36)(H,29,34)(H,30,35)(H,32,33)(H,37,38). The molecule has 5 atom stereocenters. The van der Waals surface area contributed by atoms with Crippen molar-refractivity contribution in [1.29, 1.82) is 0 Å². The fourth-order valence-corrected chi connectivity index (χ4v) is 3.87. The predicted molar refractivity (Wildman–Crippen MR) is 137 cm³/mol. The number of H-pyrrole nitrogens is 1. The highest BCUT2D eigenvalue weighted by Gasteiger charge is 2.33. The van der Waals surface area contributed by atoms with Crippen molar-refractivity contribution in [2.24, 2.45) is 11.7 Å². The molecule has 0 spiro atoms. The Hall–Kier alpha value is -3.97. The molecule has 9 N–H and O–H groups in total. The average molecular weight is 534 g/mol. The van der Waals surface area contributed by atoms with Crippen LogP contribution in [0.1, 0.15) is 39.2 Å². The molecule has 1 aromatic heterocycles. The van der Waals surface area contributed by atoms with Gasteiger partial charge in [0.05, 0.1) is 12.1 Å². The van der Waals surface area contributed by atoms with Gasteiger partial charge in [-0.15, -0.1) is 0 Å². The highest BCUT2D eigenvalue weighted by atomic mass is 16.4. The summed E-state index contributed by atoms with van der Waals surface area (Å²) in [6, 6.07) is 2.30. The molecule has 2 rings (SSSR count). The number of hydrogen-bond acceptors (Lipinski definition) is 7. The number of rotatable bonds is 14. The minimum atomic E-state index is -1.67. The van der Waals surface area contributed by atoms with Crippen LogP contribution in [0.15, 0.2) is 30.5 Å². The van der Waals surface area contributed by atoms with Crippen molar-refractivity contribution >= 4 is 40.6 Å². The molecule has 2 aromatic rings. The van der Waals surface area contributed by atoms with Crippen LogP contribution >= 0.6 is 0 Å². The summed E-state index contributed by atoms with van der Waals surface area (Å²) < 4.78 is 0. The van der Waals surface area contributed by atoms with Gasteiger partial charge >= 0.3 is 11.9 Å². The van der Waals surface area contributed by atoms with Crippen LogP contribution < -0.4 is 21.7 Å². The van der Waals surface area contributed by atoms with E-state index in [0.29, 0.717) is 0 Å². The normalized spacial score (nSPS) is 15.2. The lowest BCUT2D eigenvalue weighted by Gasteiger charge is -2.27. The van der Waals surface area contributed by atoms with Gasteiger partial charge in [-0.3, -0.25) is 19.2 Å². The number of aliphatic carboxylic acids is 2. The maximum absolute atomic E-state index is 13.1. The number of carbonyl (C=O) groups is 5. The van der Waals surface area contributed by atoms with Crippen LogP contribution in [0.4, 0.5) is 0 Å². The molecule has 0 fully saturated rings. The lowest BCUT2D eigenvalue weighted by atomic mass is 10.00. The third kappa shape index (κ3) is 8.28. The second kappa shape index (κ2) is 13.5. The predicted octanol–water partition coefficient (Wildman–Crippen LogP) is -0.522. The zero-order valence-electron chi connectivity index (χ0n) is 21.4. The first kappa shape index (κ1) is 30.3. The Morgan fingerprint density at radius 3 is 2.13 bits per heavy atom. The zero-order chi connectivity index (χ0) is 28.6. The number of amides is 3. The summed E-state index contributed by atoms with van der Waals surface area (Å²) in [4.78, 5) is 64.2. The second-order valence-electron chi connectivity index (χ2n) is 9.46. The van der Waals surface area contributed by atoms with Crippen molar-refractivity contribution < 1.29 is 39.3 Å². The Morgan fingerprint density at radius 2 is 1.55 bits per heavy atom. The summed E-state index contributed by atoms with van der Waals surface area (Å²) in [6.07, 6.45) is -0.347. The zero-order valence-corrected chi connectivity index (χ0v) is 21.4. The molecule has 5 unspecified atom stereocenters. The molecule has 208 valence electrons. The molecule has 13 heteroatoms. The number of carbonyl (C=O) groups excluding carboxylic acids is 3. The lowest BCUT2D eigenvalue weighted by molar-refractivity contribution is -0.145. The minimum Gasteiger partial charge on any atom is -0.481 e. The number of fused-ring (bicyclic) bond motifs is 1. The smallest absolute Gasteiger partial charge is 0.328 e. The Kier molecular flexibility index (Phi) is 10.8. The number of aliphatic hydroxyl groups excluding tert-OH is 1. The Morgan fingerprint density at radius 1 is 0.921 bits per heavy atom. The molecule has 0 aliphatic rings. The number of benzene rings is 1. The number of carboxylic acid groups (broad SMARTS) is 2. The van der Waals surface area contributed by atoms with E-state index in [1.54, 1.807) is 20.0 Å². The summed E-state index contributed by atoms with van der Waals surface area (Å²) in [6.45, 7) is 4.49. The largest absolute Gasteiger partial charge is 0.481 e. The number of nitrogens with one attached hydrogen (secondary N) is 4. The van der Waals surface area contributed by atoms with E-state index in [1.807, 2.05) is 24.3 Å². The number of carboxylic acids is 2. The molecule has 0 saturated carbocycles. The first-order chi connectivity index (χ1) is 17.8. The van der Waals surface area contributed by atoms with Crippen molar-refractivity contribution in [3.63, 3.8) is 0 Å². The van der Waals surface area contributed by atoms with Gasteiger partial charge in [0.25, 0.3) is 0 Å². The van der Waals surface area contributed by atoms with E-state index in [1.165, 1.54) is 0 Å². The van der Waals surface area contributed by atoms with Gasteiger partial charge in [0.1, 0.15) is 12.1 Å². The van der Waals surface area contributed by atoms with E-state index >= 15 is 0 Å². The van der Waals surface area contributed by atoms with Gasteiger partial charge in [0.15, 0.2) is 6.04 Å². The Bertz CT molecular complexity index is 1160. The van der Waals surface area contributed by atoms with Crippen molar-refractivity contribution in [2.45, 2.75) is 70.3 Å². The van der Waals surface area contributed by atoms with E-state index in [-0.39, 0.29) is 12.8 Å².